The number of sulfone groups is 1. The van der Waals surface area contributed by atoms with E-state index >= 15 is 0 Å². The van der Waals surface area contributed by atoms with Gasteiger partial charge in [0.1, 0.15) is 0 Å². The molecular weight excluding hydrogens is 358 g/mol. The minimum atomic E-state index is -3.01. The summed E-state index contributed by atoms with van der Waals surface area (Å²) < 4.78 is 23.4. The third kappa shape index (κ3) is 4.00. The molecule has 1 aromatic carbocycles. The number of aromatic amines is 1. The van der Waals surface area contributed by atoms with Crippen LogP contribution in [0, 0.1) is 6.92 Å². The van der Waals surface area contributed by atoms with Crippen LogP contribution in [0.2, 0.25) is 0 Å². The standard InChI is InChI=1S/C17H23N3O3S2/c1-4-20(13-7-8-25(22,23)10-13)16(21)12(3)24-17-18-14-6-5-11(2)9-15(14)19-17/h5-6,9,12-13H,4,7-8,10H2,1-3H3,(H,18,19)/t12-,13+/m0/s1. The maximum atomic E-state index is 12.8. The number of rotatable bonds is 5. The zero-order chi connectivity index (χ0) is 18.2. The van der Waals surface area contributed by atoms with Crippen LogP contribution in [0.4, 0.5) is 0 Å². The quantitative estimate of drug-likeness (QED) is 0.804. The molecule has 1 amide bonds. The summed E-state index contributed by atoms with van der Waals surface area (Å²) in [6.07, 6.45) is 0.531. The lowest BCUT2D eigenvalue weighted by Crippen LogP contribution is -2.44. The average Bonchev–Trinajstić information content (AvgIpc) is 3.09. The van der Waals surface area contributed by atoms with Gasteiger partial charge in [0.15, 0.2) is 15.0 Å². The Bertz CT molecular complexity index is 892. The molecule has 0 saturated carbocycles. The number of benzene rings is 1. The fourth-order valence-corrected chi connectivity index (χ4v) is 5.84. The van der Waals surface area contributed by atoms with Crippen molar-refractivity contribution in [3.8, 4) is 0 Å². The highest BCUT2D eigenvalue weighted by atomic mass is 32.2. The van der Waals surface area contributed by atoms with E-state index in [2.05, 4.69) is 9.97 Å². The van der Waals surface area contributed by atoms with Crippen molar-refractivity contribution in [3.63, 3.8) is 0 Å². The Morgan fingerprint density at radius 1 is 1.48 bits per heavy atom. The smallest absolute Gasteiger partial charge is 0.236 e. The van der Waals surface area contributed by atoms with Gasteiger partial charge in [-0.2, -0.15) is 0 Å². The zero-order valence-electron chi connectivity index (χ0n) is 14.7. The minimum Gasteiger partial charge on any atom is -0.338 e. The molecule has 1 aromatic heterocycles. The Balaban J connectivity index is 1.72. The van der Waals surface area contributed by atoms with Gasteiger partial charge in [-0.3, -0.25) is 4.79 Å². The van der Waals surface area contributed by atoms with E-state index in [0.29, 0.717) is 18.1 Å². The van der Waals surface area contributed by atoms with Crippen LogP contribution >= 0.6 is 11.8 Å². The summed E-state index contributed by atoms with van der Waals surface area (Å²) in [5.41, 5.74) is 2.98. The first-order valence-electron chi connectivity index (χ1n) is 8.43. The molecule has 0 unspecified atom stereocenters. The Kier molecular flexibility index (Phi) is 5.11. The summed E-state index contributed by atoms with van der Waals surface area (Å²) in [5, 5.41) is 0.376. The lowest BCUT2D eigenvalue weighted by atomic mass is 10.2. The number of aryl methyl sites for hydroxylation is 1. The molecule has 1 saturated heterocycles. The van der Waals surface area contributed by atoms with Crippen LogP contribution < -0.4 is 0 Å². The van der Waals surface area contributed by atoms with Gasteiger partial charge in [0, 0.05) is 12.6 Å². The molecule has 0 radical (unpaired) electrons. The van der Waals surface area contributed by atoms with E-state index in [9.17, 15) is 13.2 Å². The number of hydrogen-bond donors (Lipinski definition) is 1. The molecule has 2 heterocycles. The third-order valence-electron chi connectivity index (χ3n) is 4.52. The number of nitrogens with zero attached hydrogens (tertiary/aromatic N) is 2. The largest absolute Gasteiger partial charge is 0.338 e. The molecule has 8 heteroatoms. The molecule has 2 aromatic rings. The van der Waals surface area contributed by atoms with E-state index in [1.807, 2.05) is 39.0 Å². The number of hydrogen-bond acceptors (Lipinski definition) is 5. The lowest BCUT2D eigenvalue weighted by molar-refractivity contribution is -0.131. The fourth-order valence-electron chi connectivity index (χ4n) is 3.22. The highest BCUT2D eigenvalue weighted by Crippen LogP contribution is 2.27. The molecular formula is C17H23N3O3S2. The predicted molar refractivity (Wildman–Crippen MR) is 101 cm³/mol. The van der Waals surface area contributed by atoms with Gasteiger partial charge >= 0.3 is 0 Å². The summed E-state index contributed by atoms with van der Waals surface area (Å²) in [4.78, 5) is 22.3. The molecule has 0 bridgehead atoms. The second kappa shape index (κ2) is 6.99. The van der Waals surface area contributed by atoms with Crippen molar-refractivity contribution in [3.05, 3.63) is 23.8 Å². The van der Waals surface area contributed by atoms with Crippen molar-refractivity contribution in [2.45, 2.75) is 43.6 Å². The van der Waals surface area contributed by atoms with E-state index in [0.717, 1.165) is 16.6 Å². The van der Waals surface area contributed by atoms with Gasteiger partial charge in [-0.15, -0.1) is 0 Å². The molecule has 25 heavy (non-hydrogen) atoms. The Hall–Kier alpha value is -1.54. The molecule has 0 spiro atoms. The normalized spacial score (nSPS) is 20.7. The zero-order valence-corrected chi connectivity index (χ0v) is 16.3. The maximum Gasteiger partial charge on any atom is 0.236 e. The second-order valence-electron chi connectivity index (χ2n) is 6.50. The Labute approximate surface area is 152 Å². The molecule has 1 fully saturated rings. The monoisotopic (exact) mass is 381 g/mol. The van der Waals surface area contributed by atoms with E-state index in [1.54, 1.807) is 4.90 Å². The van der Waals surface area contributed by atoms with Crippen LogP contribution in [0.15, 0.2) is 23.4 Å². The summed E-state index contributed by atoms with van der Waals surface area (Å²) >= 11 is 1.38. The highest BCUT2D eigenvalue weighted by Gasteiger charge is 2.35. The molecule has 3 rings (SSSR count). The molecule has 1 aliphatic heterocycles. The van der Waals surface area contributed by atoms with Crippen molar-refractivity contribution in [2.24, 2.45) is 0 Å². The second-order valence-corrected chi connectivity index (χ2v) is 10.1. The third-order valence-corrected chi connectivity index (χ3v) is 7.25. The molecule has 136 valence electrons. The Morgan fingerprint density at radius 3 is 2.88 bits per heavy atom. The number of fused-ring (bicyclic) bond motifs is 1. The maximum absolute atomic E-state index is 12.8. The summed E-state index contributed by atoms with van der Waals surface area (Å²) in [5.74, 6) is 0.214. The van der Waals surface area contributed by atoms with Crippen molar-refractivity contribution >= 4 is 38.5 Å². The van der Waals surface area contributed by atoms with E-state index in [-0.39, 0.29) is 28.7 Å². The number of thioether (sulfide) groups is 1. The minimum absolute atomic E-state index is 0.0359. The number of imidazole rings is 1. The highest BCUT2D eigenvalue weighted by molar-refractivity contribution is 8.00. The van der Waals surface area contributed by atoms with Gasteiger partial charge in [0.25, 0.3) is 0 Å². The van der Waals surface area contributed by atoms with Crippen molar-refractivity contribution in [1.82, 2.24) is 14.9 Å². The van der Waals surface area contributed by atoms with Crippen molar-refractivity contribution in [2.75, 3.05) is 18.1 Å². The average molecular weight is 382 g/mol. The fraction of sp³-hybridized carbons (Fsp3) is 0.529. The first kappa shape index (κ1) is 18.3. The first-order chi connectivity index (χ1) is 11.8. The summed E-state index contributed by atoms with van der Waals surface area (Å²) in [7, 11) is -3.01. The van der Waals surface area contributed by atoms with Crippen LogP contribution in [-0.2, 0) is 14.6 Å². The summed E-state index contributed by atoms with van der Waals surface area (Å²) in [6.45, 7) is 6.28. The number of amides is 1. The number of carbonyl (C=O) groups is 1. The van der Waals surface area contributed by atoms with Crippen molar-refractivity contribution in [1.29, 1.82) is 0 Å². The number of carbonyl (C=O) groups excluding carboxylic acids is 1. The van der Waals surface area contributed by atoms with Gasteiger partial charge in [-0.1, -0.05) is 17.8 Å². The first-order valence-corrected chi connectivity index (χ1v) is 11.1. The molecule has 1 aliphatic rings. The van der Waals surface area contributed by atoms with Crippen LogP contribution in [-0.4, -0.2) is 58.5 Å². The molecule has 2 atom stereocenters. The Morgan fingerprint density at radius 2 is 2.24 bits per heavy atom. The topological polar surface area (TPSA) is 83.1 Å². The van der Waals surface area contributed by atoms with Gasteiger partial charge in [0.2, 0.25) is 5.91 Å². The van der Waals surface area contributed by atoms with Gasteiger partial charge in [-0.25, -0.2) is 13.4 Å². The van der Waals surface area contributed by atoms with E-state index in [4.69, 9.17) is 0 Å². The molecule has 1 N–H and O–H groups in total. The van der Waals surface area contributed by atoms with Crippen LogP contribution in [0.1, 0.15) is 25.8 Å². The summed E-state index contributed by atoms with van der Waals surface area (Å²) in [6, 6.07) is 5.79. The predicted octanol–water partition coefficient (Wildman–Crippen LogP) is 2.39. The van der Waals surface area contributed by atoms with Crippen LogP contribution in [0.25, 0.3) is 11.0 Å². The van der Waals surface area contributed by atoms with E-state index in [1.165, 1.54) is 11.8 Å². The van der Waals surface area contributed by atoms with Gasteiger partial charge in [-0.05, 0) is 44.9 Å². The molecule has 0 aliphatic carbocycles. The van der Waals surface area contributed by atoms with E-state index < -0.39 is 9.84 Å². The van der Waals surface area contributed by atoms with Crippen LogP contribution in [0.3, 0.4) is 0 Å². The molecule has 6 nitrogen and oxygen atoms in total. The SMILES string of the molecule is CCN(C(=O)[C@H](C)Sc1nc2ccc(C)cc2[nH]1)[C@@H]1CCS(=O)(=O)C1. The number of nitrogens with one attached hydrogen (secondary N) is 1. The lowest BCUT2D eigenvalue weighted by Gasteiger charge is -2.29. The number of aromatic nitrogens is 2. The van der Waals surface area contributed by atoms with Gasteiger partial charge < -0.3 is 9.88 Å². The number of H-pyrrole nitrogens is 1. The van der Waals surface area contributed by atoms with Crippen molar-refractivity contribution < 1.29 is 13.2 Å². The van der Waals surface area contributed by atoms with Crippen LogP contribution in [0.5, 0.6) is 0 Å². The van der Waals surface area contributed by atoms with Gasteiger partial charge in [0.05, 0.1) is 27.8 Å².